The van der Waals surface area contributed by atoms with Crippen molar-refractivity contribution in [1.82, 2.24) is 0 Å². The van der Waals surface area contributed by atoms with Gasteiger partial charge in [0.1, 0.15) is 0 Å². The van der Waals surface area contributed by atoms with E-state index in [1.165, 1.54) is 0 Å². The Bertz CT molecular complexity index is 205. The summed E-state index contributed by atoms with van der Waals surface area (Å²) in [6, 6.07) is 0. The maximum atomic E-state index is 10.3. The highest BCUT2D eigenvalue weighted by atomic mass is 16.5. The Labute approximate surface area is 90.2 Å². The first kappa shape index (κ1) is 12.5. The molecule has 4 heteroatoms. The van der Waals surface area contributed by atoms with Crippen molar-refractivity contribution in [3.05, 3.63) is 0 Å². The molecule has 0 bridgehead atoms. The third-order valence-corrected chi connectivity index (χ3v) is 2.96. The molecular formula is C11H20O4. The zero-order valence-corrected chi connectivity index (χ0v) is 9.19. The summed E-state index contributed by atoms with van der Waals surface area (Å²) in [6.07, 6.45) is 3.01. The summed E-state index contributed by atoms with van der Waals surface area (Å²) in [5.41, 5.74) is 0. The first-order valence-electron chi connectivity index (χ1n) is 5.65. The molecule has 0 aromatic rings. The van der Waals surface area contributed by atoms with Crippen molar-refractivity contribution in [3.63, 3.8) is 0 Å². The molecule has 88 valence electrons. The lowest BCUT2D eigenvalue weighted by Gasteiger charge is -2.15. The van der Waals surface area contributed by atoms with E-state index in [0.717, 1.165) is 12.8 Å². The van der Waals surface area contributed by atoms with E-state index in [1.807, 2.05) is 6.92 Å². The lowest BCUT2D eigenvalue weighted by Crippen LogP contribution is -2.24. The van der Waals surface area contributed by atoms with Gasteiger partial charge in [-0.3, -0.25) is 4.79 Å². The average molecular weight is 216 g/mol. The summed E-state index contributed by atoms with van der Waals surface area (Å²) in [5, 5.41) is 18.1. The van der Waals surface area contributed by atoms with E-state index in [9.17, 15) is 9.90 Å². The van der Waals surface area contributed by atoms with Crippen LogP contribution in [0.3, 0.4) is 0 Å². The van der Waals surface area contributed by atoms with Gasteiger partial charge in [-0.05, 0) is 31.6 Å². The van der Waals surface area contributed by atoms with Crippen LogP contribution in [0.2, 0.25) is 0 Å². The van der Waals surface area contributed by atoms with Gasteiger partial charge in [-0.15, -0.1) is 0 Å². The van der Waals surface area contributed by atoms with Gasteiger partial charge in [0.15, 0.2) is 0 Å². The molecule has 1 fully saturated rings. The van der Waals surface area contributed by atoms with E-state index < -0.39 is 5.97 Å². The third-order valence-electron chi connectivity index (χ3n) is 2.96. The van der Waals surface area contributed by atoms with Gasteiger partial charge < -0.3 is 14.9 Å². The minimum absolute atomic E-state index is 0.0372. The Morgan fingerprint density at radius 1 is 1.60 bits per heavy atom. The number of aliphatic hydroxyl groups excluding tert-OH is 1. The fourth-order valence-corrected chi connectivity index (χ4v) is 2.00. The van der Waals surface area contributed by atoms with Crippen LogP contribution in [0.4, 0.5) is 0 Å². The molecule has 0 radical (unpaired) electrons. The quantitative estimate of drug-likeness (QED) is 0.704. The summed E-state index contributed by atoms with van der Waals surface area (Å²) in [7, 11) is 0. The van der Waals surface area contributed by atoms with Gasteiger partial charge in [-0.1, -0.05) is 6.92 Å². The maximum absolute atomic E-state index is 10.3. The van der Waals surface area contributed by atoms with E-state index in [2.05, 4.69) is 0 Å². The van der Waals surface area contributed by atoms with Crippen molar-refractivity contribution in [2.75, 3.05) is 6.61 Å². The largest absolute Gasteiger partial charge is 0.481 e. The normalized spacial score (nSPS) is 27.9. The number of carboxylic acids is 1. The van der Waals surface area contributed by atoms with Crippen LogP contribution in [-0.2, 0) is 9.53 Å². The lowest BCUT2D eigenvalue weighted by molar-refractivity contribution is -0.137. The van der Waals surface area contributed by atoms with Crippen LogP contribution in [0.1, 0.15) is 39.0 Å². The monoisotopic (exact) mass is 216 g/mol. The Kier molecular flexibility index (Phi) is 5.05. The molecule has 0 saturated carbocycles. The highest BCUT2D eigenvalue weighted by Gasteiger charge is 2.29. The number of carboxylic acid groups (broad SMARTS) is 1. The summed E-state index contributed by atoms with van der Waals surface area (Å²) >= 11 is 0. The van der Waals surface area contributed by atoms with Crippen LogP contribution in [0, 0.1) is 5.92 Å². The molecule has 0 aromatic heterocycles. The molecule has 1 aliphatic heterocycles. The first-order chi connectivity index (χ1) is 7.13. The molecule has 0 amide bonds. The van der Waals surface area contributed by atoms with E-state index >= 15 is 0 Å². The van der Waals surface area contributed by atoms with Crippen LogP contribution < -0.4 is 0 Å². The molecule has 0 aliphatic carbocycles. The maximum Gasteiger partial charge on any atom is 0.303 e. The fourth-order valence-electron chi connectivity index (χ4n) is 2.00. The molecule has 1 rings (SSSR count). The second kappa shape index (κ2) is 6.08. The van der Waals surface area contributed by atoms with Crippen LogP contribution in [0.5, 0.6) is 0 Å². The van der Waals surface area contributed by atoms with Crippen LogP contribution in [0.25, 0.3) is 0 Å². The SMILES string of the molecule is CC[C@H](O)[C@H]1C[C@H](CCCC(=O)O)CO1. The predicted octanol–water partition coefficient (Wildman–Crippen LogP) is 1.42. The molecule has 3 atom stereocenters. The summed E-state index contributed by atoms with van der Waals surface area (Å²) in [6.45, 7) is 2.60. The summed E-state index contributed by atoms with van der Waals surface area (Å²) in [4.78, 5) is 10.3. The Balaban J connectivity index is 2.16. The Hall–Kier alpha value is -0.610. The van der Waals surface area contributed by atoms with E-state index in [1.54, 1.807) is 0 Å². The Morgan fingerprint density at radius 3 is 2.93 bits per heavy atom. The van der Waals surface area contributed by atoms with Crippen molar-refractivity contribution in [3.8, 4) is 0 Å². The van der Waals surface area contributed by atoms with Crippen molar-refractivity contribution in [1.29, 1.82) is 0 Å². The van der Waals surface area contributed by atoms with Crippen LogP contribution >= 0.6 is 0 Å². The zero-order chi connectivity index (χ0) is 11.3. The number of carbonyl (C=O) groups is 1. The molecule has 1 aliphatic rings. The highest BCUT2D eigenvalue weighted by Crippen LogP contribution is 2.27. The van der Waals surface area contributed by atoms with Crippen LogP contribution in [0.15, 0.2) is 0 Å². The van der Waals surface area contributed by atoms with Crippen LogP contribution in [-0.4, -0.2) is 35.0 Å². The second-order valence-electron chi connectivity index (χ2n) is 4.24. The zero-order valence-electron chi connectivity index (χ0n) is 9.19. The van der Waals surface area contributed by atoms with Gasteiger partial charge in [0, 0.05) is 13.0 Å². The number of ether oxygens (including phenoxy) is 1. The number of aliphatic carboxylic acids is 1. The van der Waals surface area contributed by atoms with E-state index in [4.69, 9.17) is 9.84 Å². The summed E-state index contributed by atoms with van der Waals surface area (Å²) < 4.78 is 5.48. The van der Waals surface area contributed by atoms with E-state index in [-0.39, 0.29) is 18.6 Å². The first-order valence-corrected chi connectivity index (χ1v) is 5.65. The number of rotatable bonds is 6. The number of aliphatic hydroxyl groups is 1. The smallest absolute Gasteiger partial charge is 0.303 e. The molecular weight excluding hydrogens is 196 g/mol. The standard InChI is InChI=1S/C11H20O4/c1-2-9(12)10-6-8(7-15-10)4-3-5-11(13)14/h8-10,12H,2-7H2,1H3,(H,13,14)/t8-,9-,10+/m0/s1. The Morgan fingerprint density at radius 2 is 2.33 bits per heavy atom. The van der Waals surface area contributed by atoms with Gasteiger partial charge in [-0.2, -0.15) is 0 Å². The minimum atomic E-state index is -0.737. The molecule has 2 N–H and O–H groups in total. The van der Waals surface area contributed by atoms with Gasteiger partial charge in [0.05, 0.1) is 12.2 Å². The molecule has 0 aromatic carbocycles. The number of hydrogen-bond donors (Lipinski definition) is 2. The third kappa shape index (κ3) is 4.18. The van der Waals surface area contributed by atoms with Crippen molar-refractivity contribution < 1.29 is 19.7 Å². The van der Waals surface area contributed by atoms with Gasteiger partial charge in [0.2, 0.25) is 0 Å². The molecule has 1 heterocycles. The van der Waals surface area contributed by atoms with Crippen molar-refractivity contribution in [2.45, 2.75) is 51.2 Å². The van der Waals surface area contributed by atoms with Crippen molar-refractivity contribution >= 4 is 5.97 Å². The molecule has 4 nitrogen and oxygen atoms in total. The molecule has 0 spiro atoms. The fraction of sp³-hybridized carbons (Fsp3) is 0.909. The number of hydrogen-bond acceptors (Lipinski definition) is 3. The predicted molar refractivity (Wildman–Crippen MR) is 55.6 cm³/mol. The minimum Gasteiger partial charge on any atom is -0.481 e. The van der Waals surface area contributed by atoms with E-state index in [0.29, 0.717) is 25.4 Å². The van der Waals surface area contributed by atoms with Crippen molar-refractivity contribution in [2.24, 2.45) is 5.92 Å². The van der Waals surface area contributed by atoms with Gasteiger partial charge in [0.25, 0.3) is 0 Å². The topological polar surface area (TPSA) is 66.8 Å². The van der Waals surface area contributed by atoms with Gasteiger partial charge in [-0.25, -0.2) is 0 Å². The summed E-state index contributed by atoms with van der Waals surface area (Å²) in [5.74, 6) is -0.311. The molecule has 15 heavy (non-hydrogen) atoms. The lowest BCUT2D eigenvalue weighted by atomic mass is 9.96. The van der Waals surface area contributed by atoms with Gasteiger partial charge >= 0.3 is 5.97 Å². The molecule has 0 unspecified atom stereocenters. The molecule has 1 saturated heterocycles. The second-order valence-corrected chi connectivity index (χ2v) is 4.24. The highest BCUT2D eigenvalue weighted by molar-refractivity contribution is 5.66. The average Bonchev–Trinajstić information content (AvgIpc) is 2.65.